The molecule has 18 heavy (non-hydrogen) atoms. The highest BCUT2D eigenvalue weighted by Gasteiger charge is 2.05. The lowest BCUT2D eigenvalue weighted by Gasteiger charge is -2.09. The third kappa shape index (κ3) is 5.93. The van der Waals surface area contributed by atoms with Crippen LogP contribution >= 0.6 is 0 Å². The Balaban J connectivity index is 2.19. The van der Waals surface area contributed by atoms with Crippen molar-refractivity contribution in [1.82, 2.24) is 20.1 Å². The minimum absolute atomic E-state index is 0.573. The molecule has 5 heteroatoms. The zero-order valence-corrected chi connectivity index (χ0v) is 11.6. The van der Waals surface area contributed by atoms with Crippen LogP contribution in [0.3, 0.4) is 0 Å². The van der Waals surface area contributed by atoms with Crippen LogP contribution in [0.5, 0.6) is 0 Å². The van der Waals surface area contributed by atoms with Crippen molar-refractivity contribution in [3.05, 3.63) is 24.3 Å². The van der Waals surface area contributed by atoms with Crippen LogP contribution in [-0.4, -0.2) is 34.5 Å². The Morgan fingerprint density at radius 2 is 2.33 bits per heavy atom. The Bertz CT molecular complexity index is 360. The maximum absolute atomic E-state index is 5.40. The van der Waals surface area contributed by atoms with E-state index in [1.807, 2.05) is 11.6 Å². The highest BCUT2D eigenvalue weighted by molar-refractivity contribution is 4.87. The molecule has 0 radical (unpaired) electrons. The maximum atomic E-state index is 5.40. The van der Waals surface area contributed by atoms with Gasteiger partial charge in [0, 0.05) is 13.1 Å². The van der Waals surface area contributed by atoms with Crippen molar-refractivity contribution in [3.8, 4) is 0 Å². The second-order valence-electron chi connectivity index (χ2n) is 4.94. The Morgan fingerprint density at radius 3 is 3.00 bits per heavy atom. The fraction of sp³-hybridized carbons (Fsp3) is 0.692. The van der Waals surface area contributed by atoms with Crippen molar-refractivity contribution in [1.29, 1.82) is 0 Å². The van der Waals surface area contributed by atoms with E-state index in [1.54, 1.807) is 6.33 Å². The summed E-state index contributed by atoms with van der Waals surface area (Å²) in [4.78, 5) is 4.25. The van der Waals surface area contributed by atoms with E-state index < -0.39 is 0 Å². The molecule has 1 aromatic heterocycles. The van der Waals surface area contributed by atoms with Gasteiger partial charge in [0.25, 0.3) is 0 Å². The molecule has 5 nitrogen and oxygen atoms in total. The van der Waals surface area contributed by atoms with Gasteiger partial charge in [-0.1, -0.05) is 26.0 Å². The number of rotatable bonds is 9. The summed E-state index contributed by atoms with van der Waals surface area (Å²) < 4.78 is 7.36. The molecule has 0 aliphatic rings. The average Bonchev–Trinajstić information content (AvgIpc) is 2.69. The molecule has 0 aliphatic heterocycles. The lowest BCUT2D eigenvalue weighted by molar-refractivity contribution is 0.157. The van der Waals surface area contributed by atoms with Gasteiger partial charge in [-0.25, -0.2) is 9.67 Å². The van der Waals surface area contributed by atoms with Crippen LogP contribution < -0.4 is 5.32 Å². The Morgan fingerprint density at radius 1 is 1.56 bits per heavy atom. The quantitative estimate of drug-likeness (QED) is 0.536. The molecule has 0 fully saturated rings. The largest absolute Gasteiger partial charge is 0.376 e. The standard InChI is InChI=1S/C13H24N4O/c1-11(2)8-17-13(15-10-16-17)7-14-5-6-18-9-12(3)4/h10-11,14H,3,5-9H2,1-2,4H3. The summed E-state index contributed by atoms with van der Waals surface area (Å²) in [7, 11) is 0. The van der Waals surface area contributed by atoms with Gasteiger partial charge in [0.05, 0.1) is 19.8 Å². The number of hydrogen-bond acceptors (Lipinski definition) is 4. The van der Waals surface area contributed by atoms with Crippen LogP contribution in [0, 0.1) is 5.92 Å². The van der Waals surface area contributed by atoms with Crippen molar-refractivity contribution in [2.75, 3.05) is 19.8 Å². The van der Waals surface area contributed by atoms with Crippen molar-refractivity contribution >= 4 is 0 Å². The van der Waals surface area contributed by atoms with Gasteiger partial charge in [0.15, 0.2) is 0 Å². The number of nitrogens with zero attached hydrogens (tertiary/aromatic N) is 3. The van der Waals surface area contributed by atoms with E-state index in [0.29, 0.717) is 19.1 Å². The molecule has 0 saturated carbocycles. The zero-order chi connectivity index (χ0) is 13.4. The number of ether oxygens (including phenoxy) is 1. The van der Waals surface area contributed by atoms with Crippen molar-refractivity contribution in [2.24, 2.45) is 5.92 Å². The summed E-state index contributed by atoms with van der Waals surface area (Å²) in [6.07, 6.45) is 1.61. The third-order valence-corrected chi connectivity index (χ3v) is 2.29. The summed E-state index contributed by atoms with van der Waals surface area (Å²) in [5.41, 5.74) is 1.05. The first-order chi connectivity index (χ1) is 8.59. The molecule has 0 aromatic carbocycles. The summed E-state index contributed by atoms with van der Waals surface area (Å²) in [6, 6.07) is 0. The first-order valence-corrected chi connectivity index (χ1v) is 6.39. The maximum Gasteiger partial charge on any atom is 0.140 e. The lowest BCUT2D eigenvalue weighted by atomic mass is 10.2. The molecule has 1 heterocycles. The number of aromatic nitrogens is 3. The van der Waals surface area contributed by atoms with E-state index >= 15 is 0 Å². The van der Waals surface area contributed by atoms with E-state index in [9.17, 15) is 0 Å². The van der Waals surface area contributed by atoms with Crippen LogP contribution in [0.15, 0.2) is 18.5 Å². The van der Waals surface area contributed by atoms with E-state index in [0.717, 1.165) is 31.0 Å². The Labute approximate surface area is 109 Å². The Hall–Kier alpha value is -1.20. The minimum atomic E-state index is 0.573. The van der Waals surface area contributed by atoms with Crippen LogP contribution in [0.2, 0.25) is 0 Å². The molecule has 102 valence electrons. The number of nitrogens with one attached hydrogen (secondary N) is 1. The molecule has 0 spiro atoms. The second-order valence-corrected chi connectivity index (χ2v) is 4.94. The van der Waals surface area contributed by atoms with Crippen LogP contribution in [0.4, 0.5) is 0 Å². The summed E-state index contributed by atoms with van der Waals surface area (Å²) in [5, 5.41) is 7.51. The number of hydrogen-bond donors (Lipinski definition) is 1. The molecular weight excluding hydrogens is 228 g/mol. The molecule has 0 saturated heterocycles. The van der Waals surface area contributed by atoms with E-state index in [1.165, 1.54) is 0 Å². The molecule has 1 aromatic rings. The highest BCUT2D eigenvalue weighted by Crippen LogP contribution is 2.00. The normalized spacial score (nSPS) is 11.1. The van der Waals surface area contributed by atoms with Crippen molar-refractivity contribution < 1.29 is 4.74 Å². The molecule has 1 rings (SSSR count). The highest BCUT2D eigenvalue weighted by atomic mass is 16.5. The van der Waals surface area contributed by atoms with Gasteiger partial charge in [0.1, 0.15) is 12.2 Å². The van der Waals surface area contributed by atoms with Gasteiger partial charge in [-0.05, 0) is 12.8 Å². The zero-order valence-electron chi connectivity index (χ0n) is 11.6. The topological polar surface area (TPSA) is 52.0 Å². The Kier molecular flexibility index (Phi) is 6.60. The summed E-state index contributed by atoms with van der Waals surface area (Å²) in [5.74, 6) is 1.55. The first-order valence-electron chi connectivity index (χ1n) is 6.39. The van der Waals surface area contributed by atoms with Gasteiger partial charge in [-0.3, -0.25) is 0 Å². The van der Waals surface area contributed by atoms with E-state index in [2.05, 4.69) is 35.8 Å². The molecular formula is C13H24N4O. The van der Waals surface area contributed by atoms with Crippen LogP contribution in [0.25, 0.3) is 0 Å². The van der Waals surface area contributed by atoms with Gasteiger partial charge in [0.2, 0.25) is 0 Å². The minimum Gasteiger partial charge on any atom is -0.376 e. The van der Waals surface area contributed by atoms with Crippen molar-refractivity contribution in [3.63, 3.8) is 0 Å². The predicted molar refractivity (Wildman–Crippen MR) is 72.2 cm³/mol. The molecule has 1 N–H and O–H groups in total. The SMILES string of the molecule is C=C(C)COCCNCc1ncnn1CC(C)C. The smallest absolute Gasteiger partial charge is 0.140 e. The van der Waals surface area contributed by atoms with Crippen LogP contribution in [0.1, 0.15) is 26.6 Å². The molecule has 0 unspecified atom stereocenters. The summed E-state index contributed by atoms with van der Waals surface area (Å²) in [6.45, 7) is 13.8. The van der Waals surface area contributed by atoms with Gasteiger partial charge >= 0.3 is 0 Å². The van der Waals surface area contributed by atoms with Gasteiger partial charge in [-0.15, -0.1) is 0 Å². The molecule has 0 amide bonds. The van der Waals surface area contributed by atoms with Crippen molar-refractivity contribution in [2.45, 2.75) is 33.9 Å². The van der Waals surface area contributed by atoms with E-state index in [-0.39, 0.29) is 0 Å². The lowest BCUT2D eigenvalue weighted by Crippen LogP contribution is -2.22. The monoisotopic (exact) mass is 252 g/mol. The third-order valence-electron chi connectivity index (χ3n) is 2.29. The molecule has 0 atom stereocenters. The predicted octanol–water partition coefficient (Wildman–Crippen LogP) is 1.62. The molecule has 0 aliphatic carbocycles. The van der Waals surface area contributed by atoms with Crippen LogP contribution in [-0.2, 0) is 17.8 Å². The molecule has 0 bridgehead atoms. The fourth-order valence-electron chi connectivity index (χ4n) is 1.51. The second kappa shape index (κ2) is 8.00. The average molecular weight is 252 g/mol. The first kappa shape index (κ1) is 14.9. The van der Waals surface area contributed by atoms with E-state index in [4.69, 9.17) is 4.74 Å². The summed E-state index contributed by atoms with van der Waals surface area (Å²) >= 11 is 0. The fourth-order valence-corrected chi connectivity index (χ4v) is 1.51. The van der Waals surface area contributed by atoms with Gasteiger partial charge in [-0.2, -0.15) is 5.10 Å². The van der Waals surface area contributed by atoms with Gasteiger partial charge < -0.3 is 10.1 Å².